The number of piperazine rings is 1. The summed E-state index contributed by atoms with van der Waals surface area (Å²) >= 11 is 0. The molecule has 4 heterocycles. The summed E-state index contributed by atoms with van der Waals surface area (Å²) in [4.78, 5) is 18.0. The van der Waals surface area contributed by atoms with E-state index in [4.69, 9.17) is 0 Å². The molecule has 4 rings (SSSR count). The molecule has 132 valence electrons. The number of likely N-dealkylation sites (tertiary alicyclic amines) is 1. The molecular formula is C18H34N4O. The average molecular weight is 322 g/mol. The molecule has 0 saturated carbocycles. The fraction of sp³-hybridized carbons (Fsp3) is 0.944. The first-order valence-electron chi connectivity index (χ1n) is 9.50. The number of amides is 1. The largest absolute Gasteiger partial charge is 0.355 e. The van der Waals surface area contributed by atoms with E-state index in [0.29, 0.717) is 23.9 Å². The summed E-state index contributed by atoms with van der Waals surface area (Å²) < 4.78 is 0. The lowest BCUT2D eigenvalue weighted by molar-refractivity contribution is -0.136. The van der Waals surface area contributed by atoms with Crippen molar-refractivity contribution in [3.8, 4) is 0 Å². The molecular weight excluding hydrogens is 288 g/mol. The van der Waals surface area contributed by atoms with Gasteiger partial charge in [0.1, 0.15) is 0 Å². The van der Waals surface area contributed by atoms with Crippen molar-refractivity contribution in [3.05, 3.63) is 0 Å². The highest BCUT2D eigenvalue weighted by Gasteiger charge is 2.45. The van der Waals surface area contributed by atoms with Gasteiger partial charge in [0.25, 0.3) is 0 Å². The molecule has 0 spiro atoms. The van der Waals surface area contributed by atoms with Gasteiger partial charge in [-0.05, 0) is 44.8 Å². The highest BCUT2D eigenvalue weighted by atomic mass is 16.2. The molecule has 0 aliphatic carbocycles. The maximum atomic E-state index is 13.0. The van der Waals surface area contributed by atoms with Crippen molar-refractivity contribution in [2.24, 2.45) is 11.3 Å². The highest BCUT2D eigenvalue weighted by molar-refractivity contribution is 5.83. The van der Waals surface area contributed by atoms with Crippen LogP contribution in [0.2, 0.25) is 0 Å². The van der Waals surface area contributed by atoms with E-state index < -0.39 is 0 Å². The van der Waals surface area contributed by atoms with Crippen LogP contribution in [0, 0.1) is 11.3 Å². The predicted molar refractivity (Wildman–Crippen MR) is 93.4 cm³/mol. The van der Waals surface area contributed by atoms with E-state index in [1.54, 1.807) is 0 Å². The molecule has 0 aromatic heterocycles. The van der Waals surface area contributed by atoms with E-state index in [1.807, 2.05) is 0 Å². The van der Waals surface area contributed by atoms with E-state index in [9.17, 15) is 4.79 Å². The van der Waals surface area contributed by atoms with Crippen molar-refractivity contribution < 1.29 is 4.79 Å². The molecule has 2 bridgehead atoms. The lowest BCUT2D eigenvalue weighted by Gasteiger charge is -2.51. The molecule has 2 N–H and O–H groups in total. The SMILES string of the molecule is CCN1CCC(CN2CC3CC(C2)N3)(C(=O)NCC(C)C)CC1. The van der Waals surface area contributed by atoms with Gasteiger partial charge in [-0.1, -0.05) is 20.8 Å². The molecule has 4 saturated heterocycles. The quantitative estimate of drug-likeness (QED) is 0.763. The summed E-state index contributed by atoms with van der Waals surface area (Å²) in [5.41, 5.74) is -0.176. The Kier molecular flexibility index (Phi) is 5.29. The summed E-state index contributed by atoms with van der Waals surface area (Å²) in [5.74, 6) is 0.813. The Morgan fingerprint density at radius 2 is 1.83 bits per heavy atom. The zero-order valence-electron chi connectivity index (χ0n) is 15.1. The molecule has 5 heteroatoms. The maximum absolute atomic E-state index is 13.0. The second-order valence-electron chi connectivity index (χ2n) is 8.31. The fourth-order valence-electron chi connectivity index (χ4n) is 4.40. The zero-order valence-corrected chi connectivity index (χ0v) is 15.1. The molecule has 4 fully saturated rings. The van der Waals surface area contributed by atoms with E-state index in [1.165, 1.54) is 6.42 Å². The van der Waals surface area contributed by atoms with Crippen molar-refractivity contribution in [3.63, 3.8) is 0 Å². The monoisotopic (exact) mass is 322 g/mol. The van der Waals surface area contributed by atoms with Crippen LogP contribution >= 0.6 is 0 Å². The second kappa shape index (κ2) is 7.08. The minimum atomic E-state index is -0.176. The van der Waals surface area contributed by atoms with Crippen LogP contribution in [0.4, 0.5) is 0 Å². The van der Waals surface area contributed by atoms with E-state index in [0.717, 1.165) is 58.7 Å². The molecule has 4 aliphatic heterocycles. The Morgan fingerprint density at radius 1 is 1.22 bits per heavy atom. The van der Waals surface area contributed by atoms with E-state index >= 15 is 0 Å². The number of hydrogen-bond acceptors (Lipinski definition) is 4. The number of nitrogens with one attached hydrogen (secondary N) is 2. The van der Waals surface area contributed by atoms with Crippen molar-refractivity contribution in [2.45, 2.75) is 52.1 Å². The topological polar surface area (TPSA) is 47.6 Å². The van der Waals surface area contributed by atoms with Crippen molar-refractivity contribution in [1.29, 1.82) is 0 Å². The highest BCUT2D eigenvalue weighted by Crippen LogP contribution is 2.35. The van der Waals surface area contributed by atoms with Crippen LogP contribution in [-0.2, 0) is 4.79 Å². The third kappa shape index (κ3) is 3.89. The Morgan fingerprint density at radius 3 is 2.35 bits per heavy atom. The van der Waals surface area contributed by atoms with Crippen LogP contribution in [-0.4, -0.2) is 73.6 Å². The van der Waals surface area contributed by atoms with E-state index in [-0.39, 0.29) is 5.41 Å². The Hall–Kier alpha value is -0.650. The summed E-state index contributed by atoms with van der Waals surface area (Å²) in [6.45, 7) is 13.7. The Labute approximate surface area is 141 Å². The van der Waals surface area contributed by atoms with Gasteiger partial charge >= 0.3 is 0 Å². The second-order valence-corrected chi connectivity index (χ2v) is 8.31. The lowest BCUT2D eigenvalue weighted by Crippen LogP contribution is -2.68. The third-order valence-corrected chi connectivity index (χ3v) is 5.94. The molecule has 5 nitrogen and oxygen atoms in total. The zero-order chi connectivity index (χ0) is 16.4. The first-order chi connectivity index (χ1) is 11.0. The lowest BCUT2D eigenvalue weighted by atomic mass is 9.75. The van der Waals surface area contributed by atoms with Crippen LogP contribution in [0.5, 0.6) is 0 Å². The van der Waals surface area contributed by atoms with Crippen LogP contribution < -0.4 is 10.6 Å². The average Bonchev–Trinajstić information content (AvgIpc) is 2.52. The molecule has 1 amide bonds. The minimum absolute atomic E-state index is 0.176. The van der Waals surface area contributed by atoms with Gasteiger partial charge in [-0.2, -0.15) is 0 Å². The van der Waals surface area contributed by atoms with Crippen LogP contribution in [0.3, 0.4) is 0 Å². The molecule has 0 radical (unpaired) electrons. The van der Waals surface area contributed by atoms with Crippen LogP contribution in [0.15, 0.2) is 0 Å². The van der Waals surface area contributed by atoms with Crippen LogP contribution in [0.1, 0.15) is 40.0 Å². The number of carbonyl (C=O) groups is 1. The third-order valence-electron chi connectivity index (χ3n) is 5.94. The number of piperidine rings is 2. The molecule has 0 aromatic carbocycles. The summed E-state index contributed by atoms with van der Waals surface area (Å²) in [7, 11) is 0. The fourth-order valence-corrected chi connectivity index (χ4v) is 4.40. The van der Waals surface area contributed by atoms with Gasteiger partial charge < -0.3 is 15.5 Å². The maximum Gasteiger partial charge on any atom is 0.227 e. The number of nitrogens with zero attached hydrogens (tertiary/aromatic N) is 2. The number of hydrogen-bond donors (Lipinski definition) is 2. The molecule has 0 aromatic rings. The first-order valence-corrected chi connectivity index (χ1v) is 9.50. The molecule has 4 aliphatic rings. The Balaban J connectivity index is 1.64. The smallest absolute Gasteiger partial charge is 0.227 e. The van der Waals surface area contributed by atoms with Gasteiger partial charge in [-0.3, -0.25) is 9.69 Å². The van der Waals surface area contributed by atoms with Gasteiger partial charge in [-0.25, -0.2) is 0 Å². The summed E-state index contributed by atoms with van der Waals surface area (Å²) in [6.07, 6.45) is 3.33. The molecule has 2 atom stereocenters. The summed E-state index contributed by atoms with van der Waals surface area (Å²) in [6, 6.07) is 1.33. The number of carbonyl (C=O) groups excluding carboxylic acids is 1. The van der Waals surface area contributed by atoms with Crippen molar-refractivity contribution in [1.82, 2.24) is 20.4 Å². The van der Waals surface area contributed by atoms with Crippen molar-refractivity contribution >= 4 is 5.91 Å². The Bertz CT molecular complexity index is 401. The van der Waals surface area contributed by atoms with Gasteiger partial charge in [0.05, 0.1) is 5.41 Å². The first kappa shape index (κ1) is 17.2. The standard InChI is InChI=1S/C18H34N4O/c1-4-21-7-5-18(6-8-21,17(23)19-10-14(2)3)13-22-11-15-9-16(12-22)20-15/h14-16,20H,4-13H2,1-3H3,(H,19,23). The van der Waals surface area contributed by atoms with Gasteiger partial charge in [-0.15, -0.1) is 0 Å². The van der Waals surface area contributed by atoms with Gasteiger partial charge in [0.15, 0.2) is 0 Å². The predicted octanol–water partition coefficient (Wildman–Crippen LogP) is 0.907. The van der Waals surface area contributed by atoms with Crippen molar-refractivity contribution in [2.75, 3.05) is 45.8 Å². The normalized spacial score (nSPS) is 31.0. The summed E-state index contributed by atoms with van der Waals surface area (Å²) in [5, 5.41) is 6.83. The molecule has 23 heavy (non-hydrogen) atoms. The van der Waals surface area contributed by atoms with Gasteiger partial charge in [0.2, 0.25) is 5.91 Å². The molecule has 2 unspecified atom stereocenters. The van der Waals surface area contributed by atoms with Gasteiger partial charge in [0, 0.05) is 38.3 Å². The minimum Gasteiger partial charge on any atom is -0.355 e. The number of rotatable bonds is 6. The number of fused-ring (bicyclic) bond motifs is 2. The van der Waals surface area contributed by atoms with Crippen LogP contribution in [0.25, 0.3) is 0 Å². The van der Waals surface area contributed by atoms with E-state index in [2.05, 4.69) is 41.2 Å².